The van der Waals surface area contributed by atoms with Crippen molar-refractivity contribution in [2.45, 2.75) is 38.0 Å². The van der Waals surface area contributed by atoms with Crippen LogP contribution in [0.15, 0.2) is 30.5 Å². The lowest BCUT2D eigenvalue weighted by molar-refractivity contribution is -0.157. The van der Waals surface area contributed by atoms with Gasteiger partial charge in [0.1, 0.15) is 11.9 Å². The first-order valence-electron chi connectivity index (χ1n) is 10.1. The summed E-state index contributed by atoms with van der Waals surface area (Å²) in [5, 5.41) is 20.5. The van der Waals surface area contributed by atoms with E-state index in [0.717, 1.165) is 41.6 Å². The molecule has 5 rings (SSSR count). The fourth-order valence-electron chi connectivity index (χ4n) is 5.05. The molecule has 7 nitrogen and oxygen atoms in total. The first-order valence-corrected chi connectivity index (χ1v) is 10.1. The molecule has 3 aliphatic heterocycles. The van der Waals surface area contributed by atoms with Gasteiger partial charge in [0, 0.05) is 36.5 Å². The fraction of sp³-hybridized carbons (Fsp3) is 0.545. The molecule has 0 saturated carbocycles. The van der Waals surface area contributed by atoms with Crippen molar-refractivity contribution in [2.75, 3.05) is 26.8 Å². The lowest BCUT2D eigenvalue weighted by Crippen LogP contribution is -2.58. The molecule has 2 N–H and O–H groups in total. The Morgan fingerprint density at radius 1 is 1.38 bits per heavy atom. The zero-order valence-corrected chi connectivity index (χ0v) is 16.8. The smallest absolute Gasteiger partial charge is 0.303 e. The lowest BCUT2D eigenvalue weighted by Gasteiger charge is -2.52. The number of hydrogen-bond donors (Lipinski definition) is 2. The van der Waals surface area contributed by atoms with E-state index in [-0.39, 0.29) is 24.5 Å². The van der Waals surface area contributed by atoms with Crippen LogP contribution in [0.4, 0.5) is 0 Å². The van der Waals surface area contributed by atoms with Gasteiger partial charge in [0.15, 0.2) is 0 Å². The standard InChI is InChI=1S/C22H28N2O5/c1-13(26)29-22(16-5-7-23-19-4-3-15(28-2)10-17(16)19)20-9-14-6-8-24(20)11-18(14)21(27)12-25/h3-5,7,10,14,18,20-22,25,27H,6,8-9,11-12H2,1-2H3/t14-,18-,20-,21?,22+/m0/s1. The van der Waals surface area contributed by atoms with Gasteiger partial charge in [0.2, 0.25) is 0 Å². The van der Waals surface area contributed by atoms with Gasteiger partial charge in [-0.1, -0.05) is 0 Å². The average molecular weight is 400 g/mol. The molecule has 2 aromatic rings. The van der Waals surface area contributed by atoms with E-state index in [1.807, 2.05) is 24.3 Å². The molecule has 156 valence electrons. The van der Waals surface area contributed by atoms with Crippen molar-refractivity contribution in [1.29, 1.82) is 0 Å². The molecular formula is C22H28N2O5. The topological polar surface area (TPSA) is 92.1 Å². The van der Waals surface area contributed by atoms with Gasteiger partial charge in [-0.05, 0) is 49.6 Å². The largest absolute Gasteiger partial charge is 0.497 e. The Kier molecular flexibility index (Phi) is 5.72. The van der Waals surface area contributed by atoms with Gasteiger partial charge in [-0.3, -0.25) is 14.7 Å². The minimum atomic E-state index is -0.707. The molecule has 3 fully saturated rings. The second kappa shape index (κ2) is 8.26. The van der Waals surface area contributed by atoms with Gasteiger partial charge in [-0.2, -0.15) is 0 Å². The van der Waals surface area contributed by atoms with E-state index >= 15 is 0 Å². The average Bonchev–Trinajstić information content (AvgIpc) is 2.76. The molecule has 2 unspecified atom stereocenters. The number of pyridine rings is 1. The van der Waals surface area contributed by atoms with Crippen molar-refractivity contribution in [3.05, 3.63) is 36.0 Å². The zero-order chi connectivity index (χ0) is 20.5. The summed E-state index contributed by atoms with van der Waals surface area (Å²) >= 11 is 0. The Labute approximate surface area is 170 Å². The maximum atomic E-state index is 12.0. The molecule has 29 heavy (non-hydrogen) atoms. The highest BCUT2D eigenvalue weighted by molar-refractivity contribution is 5.84. The molecule has 7 heteroatoms. The fourth-order valence-corrected chi connectivity index (χ4v) is 5.05. The molecule has 4 heterocycles. The molecule has 0 aliphatic carbocycles. The van der Waals surface area contributed by atoms with Gasteiger partial charge < -0.3 is 19.7 Å². The van der Waals surface area contributed by atoms with Crippen molar-refractivity contribution in [3.8, 4) is 5.75 Å². The highest BCUT2D eigenvalue weighted by Crippen LogP contribution is 2.44. The number of fused-ring (bicyclic) bond motifs is 4. The Bertz CT molecular complexity index is 889. The Morgan fingerprint density at radius 2 is 2.21 bits per heavy atom. The summed E-state index contributed by atoms with van der Waals surface area (Å²) < 4.78 is 11.3. The van der Waals surface area contributed by atoms with Gasteiger partial charge in [0.05, 0.1) is 31.4 Å². The van der Waals surface area contributed by atoms with Crippen molar-refractivity contribution >= 4 is 16.9 Å². The van der Waals surface area contributed by atoms with E-state index in [2.05, 4.69) is 9.88 Å². The van der Waals surface area contributed by atoms with Crippen molar-refractivity contribution in [1.82, 2.24) is 9.88 Å². The maximum absolute atomic E-state index is 12.0. The molecule has 1 aromatic carbocycles. The van der Waals surface area contributed by atoms with Crippen LogP contribution in [0.3, 0.4) is 0 Å². The third kappa shape index (κ3) is 3.82. The number of carbonyl (C=O) groups excluding carboxylic acids is 1. The molecule has 0 spiro atoms. The van der Waals surface area contributed by atoms with Gasteiger partial charge in [0.25, 0.3) is 0 Å². The number of hydrogen-bond acceptors (Lipinski definition) is 7. The van der Waals surface area contributed by atoms with E-state index in [1.54, 1.807) is 13.3 Å². The van der Waals surface area contributed by atoms with Crippen LogP contribution in [0, 0.1) is 11.8 Å². The summed E-state index contributed by atoms with van der Waals surface area (Å²) in [7, 11) is 1.62. The highest BCUT2D eigenvalue weighted by Gasteiger charge is 2.46. The second-order valence-corrected chi connectivity index (χ2v) is 8.07. The summed E-state index contributed by atoms with van der Waals surface area (Å²) in [6.45, 7) is 2.81. The van der Waals surface area contributed by atoms with E-state index < -0.39 is 12.2 Å². The molecule has 6 atom stereocenters. The first-order chi connectivity index (χ1) is 14.0. The number of carbonyl (C=O) groups is 1. The summed E-state index contributed by atoms with van der Waals surface area (Å²) in [4.78, 5) is 18.7. The Balaban J connectivity index is 1.72. The minimum Gasteiger partial charge on any atom is -0.497 e. The van der Waals surface area contributed by atoms with E-state index in [0.29, 0.717) is 12.5 Å². The van der Waals surface area contributed by atoms with Crippen LogP contribution in [-0.4, -0.2) is 65.0 Å². The molecule has 1 aromatic heterocycles. The monoisotopic (exact) mass is 400 g/mol. The van der Waals surface area contributed by atoms with Crippen LogP contribution in [0.5, 0.6) is 5.75 Å². The van der Waals surface area contributed by atoms with Crippen LogP contribution in [0.1, 0.15) is 31.4 Å². The predicted molar refractivity (Wildman–Crippen MR) is 107 cm³/mol. The quantitative estimate of drug-likeness (QED) is 0.716. The number of aromatic nitrogens is 1. The maximum Gasteiger partial charge on any atom is 0.303 e. The highest BCUT2D eigenvalue weighted by atomic mass is 16.5. The first kappa shape index (κ1) is 20.1. The molecule has 2 bridgehead atoms. The third-order valence-electron chi connectivity index (χ3n) is 6.46. The SMILES string of the molecule is COc1ccc2nccc([C@@H](OC(C)=O)[C@@H]3C[C@@H]4CCN3C[C@@H]4C(O)CO)c2c1. The van der Waals surface area contributed by atoms with Crippen LogP contribution in [-0.2, 0) is 9.53 Å². The van der Waals surface area contributed by atoms with Gasteiger partial charge >= 0.3 is 5.97 Å². The molecule has 3 aliphatic rings. The normalized spacial score (nSPS) is 28.1. The zero-order valence-electron chi connectivity index (χ0n) is 16.8. The summed E-state index contributed by atoms with van der Waals surface area (Å²) in [5.41, 5.74) is 1.74. The summed E-state index contributed by atoms with van der Waals surface area (Å²) in [6.07, 6.45) is 2.40. The number of piperidine rings is 3. The number of rotatable bonds is 6. The van der Waals surface area contributed by atoms with Crippen LogP contribution in [0.25, 0.3) is 10.9 Å². The number of methoxy groups -OCH3 is 1. The Morgan fingerprint density at radius 3 is 2.86 bits per heavy atom. The number of nitrogens with zero attached hydrogens (tertiary/aromatic N) is 2. The van der Waals surface area contributed by atoms with Crippen molar-refractivity contribution in [3.63, 3.8) is 0 Å². The molecular weight excluding hydrogens is 372 g/mol. The number of esters is 1. The molecule has 0 radical (unpaired) electrons. The van der Waals surface area contributed by atoms with Crippen molar-refractivity contribution < 1.29 is 24.5 Å². The Hall–Kier alpha value is -2.22. The summed E-state index contributed by atoms with van der Waals surface area (Å²) in [5.74, 6) is 0.757. The van der Waals surface area contributed by atoms with Crippen LogP contribution >= 0.6 is 0 Å². The lowest BCUT2D eigenvalue weighted by atomic mass is 9.71. The molecule has 0 amide bonds. The number of aliphatic hydroxyl groups excluding tert-OH is 2. The number of aliphatic hydroxyl groups is 2. The van der Waals surface area contributed by atoms with Gasteiger partial charge in [-0.25, -0.2) is 0 Å². The van der Waals surface area contributed by atoms with Crippen LogP contribution < -0.4 is 4.74 Å². The predicted octanol–water partition coefficient (Wildman–Crippen LogP) is 1.91. The van der Waals surface area contributed by atoms with Gasteiger partial charge in [-0.15, -0.1) is 0 Å². The van der Waals surface area contributed by atoms with E-state index in [1.165, 1.54) is 6.92 Å². The van der Waals surface area contributed by atoms with Crippen LogP contribution in [0.2, 0.25) is 0 Å². The molecule has 3 saturated heterocycles. The second-order valence-electron chi connectivity index (χ2n) is 8.07. The van der Waals surface area contributed by atoms with Crippen molar-refractivity contribution in [2.24, 2.45) is 11.8 Å². The number of ether oxygens (including phenoxy) is 2. The van der Waals surface area contributed by atoms with E-state index in [4.69, 9.17) is 9.47 Å². The third-order valence-corrected chi connectivity index (χ3v) is 6.46. The summed E-state index contributed by atoms with van der Waals surface area (Å²) in [6, 6.07) is 7.65. The van der Waals surface area contributed by atoms with E-state index in [9.17, 15) is 15.0 Å². The minimum absolute atomic E-state index is 0.0246. The number of benzene rings is 1.